The molecule has 1 atom stereocenters. The summed E-state index contributed by atoms with van der Waals surface area (Å²) in [5, 5.41) is 10.1. The molecule has 0 spiro atoms. The summed E-state index contributed by atoms with van der Waals surface area (Å²) in [5.41, 5.74) is 0.199. The zero-order valence-electron chi connectivity index (χ0n) is 6.99. The van der Waals surface area contributed by atoms with E-state index < -0.39 is 5.79 Å². The normalized spacial score (nSPS) is 14.6. The highest BCUT2D eigenvalue weighted by atomic mass is 35.5. The van der Waals surface area contributed by atoms with Gasteiger partial charge < -0.3 is 9.84 Å². The first-order valence-electron chi connectivity index (χ1n) is 3.49. The molecule has 3 nitrogen and oxygen atoms in total. The zero-order valence-corrected chi connectivity index (χ0v) is 7.75. The number of aromatic nitrogens is 1. The lowest BCUT2D eigenvalue weighted by molar-refractivity contribution is -0.147. The van der Waals surface area contributed by atoms with E-state index in [4.69, 9.17) is 22.8 Å². The summed E-state index contributed by atoms with van der Waals surface area (Å²) in [6, 6.07) is 3.03. The third-order valence-electron chi connectivity index (χ3n) is 1.56. The molecular weight excluding hydrogens is 190 g/mol. The standard InChI is InChI=1S/C9H8ClNO2/c1-3-9(12,13-2)8-6-7(10)4-5-11-8/h1,4-6,12H,2H3/t9-/m0/s1. The third kappa shape index (κ3) is 1.99. The fourth-order valence-electron chi connectivity index (χ4n) is 0.828. The Kier molecular flexibility index (Phi) is 2.89. The van der Waals surface area contributed by atoms with Crippen LogP contribution in [0, 0.1) is 12.3 Å². The zero-order chi connectivity index (χ0) is 9.90. The number of aliphatic hydroxyl groups is 1. The van der Waals surface area contributed by atoms with Crippen LogP contribution < -0.4 is 0 Å². The van der Waals surface area contributed by atoms with Crippen LogP contribution in [0.4, 0.5) is 0 Å². The van der Waals surface area contributed by atoms with Gasteiger partial charge in [0, 0.05) is 18.3 Å². The van der Waals surface area contributed by atoms with Gasteiger partial charge in [-0.15, -0.1) is 6.42 Å². The Balaban J connectivity index is 3.14. The van der Waals surface area contributed by atoms with Crippen LogP contribution in [0.3, 0.4) is 0 Å². The van der Waals surface area contributed by atoms with E-state index in [9.17, 15) is 5.11 Å². The molecule has 68 valence electrons. The van der Waals surface area contributed by atoms with E-state index in [0.29, 0.717) is 5.02 Å². The topological polar surface area (TPSA) is 42.4 Å². The van der Waals surface area contributed by atoms with Crippen LogP contribution >= 0.6 is 11.6 Å². The number of hydrogen-bond acceptors (Lipinski definition) is 3. The first-order valence-corrected chi connectivity index (χ1v) is 3.87. The summed E-state index contributed by atoms with van der Waals surface area (Å²) < 4.78 is 4.73. The maximum atomic E-state index is 9.65. The number of methoxy groups -OCH3 is 1. The number of nitrogens with zero attached hydrogens (tertiary/aromatic N) is 1. The Labute approximate surface area is 81.3 Å². The molecule has 1 heterocycles. The molecule has 0 aliphatic rings. The van der Waals surface area contributed by atoms with Gasteiger partial charge in [-0.05, 0) is 18.1 Å². The van der Waals surface area contributed by atoms with Crippen molar-refractivity contribution in [2.24, 2.45) is 0 Å². The highest BCUT2D eigenvalue weighted by molar-refractivity contribution is 6.30. The van der Waals surface area contributed by atoms with Crippen molar-refractivity contribution in [3.05, 3.63) is 29.0 Å². The van der Waals surface area contributed by atoms with Crippen LogP contribution in [-0.2, 0) is 10.5 Å². The van der Waals surface area contributed by atoms with Crippen LogP contribution in [0.5, 0.6) is 0 Å². The fraction of sp³-hybridized carbons (Fsp3) is 0.222. The maximum Gasteiger partial charge on any atom is 0.275 e. The molecule has 1 rings (SSSR count). The SMILES string of the molecule is C#C[C@](O)(OC)c1cc(Cl)ccn1. The second kappa shape index (κ2) is 3.75. The Morgan fingerprint density at radius 3 is 2.92 bits per heavy atom. The molecule has 1 aromatic rings. The lowest BCUT2D eigenvalue weighted by Gasteiger charge is -2.18. The maximum absolute atomic E-state index is 9.65. The quantitative estimate of drug-likeness (QED) is 0.572. The van der Waals surface area contributed by atoms with Crippen molar-refractivity contribution < 1.29 is 9.84 Å². The van der Waals surface area contributed by atoms with E-state index in [-0.39, 0.29) is 5.69 Å². The van der Waals surface area contributed by atoms with Crippen LogP contribution in [0.1, 0.15) is 5.69 Å². The molecule has 0 aliphatic carbocycles. The molecule has 0 amide bonds. The van der Waals surface area contributed by atoms with E-state index in [1.165, 1.54) is 19.4 Å². The third-order valence-corrected chi connectivity index (χ3v) is 1.80. The Morgan fingerprint density at radius 2 is 2.46 bits per heavy atom. The summed E-state index contributed by atoms with van der Waals surface area (Å²) in [6.45, 7) is 0. The van der Waals surface area contributed by atoms with E-state index in [2.05, 4.69) is 10.9 Å². The monoisotopic (exact) mass is 197 g/mol. The van der Waals surface area contributed by atoms with Crippen molar-refractivity contribution in [2.75, 3.05) is 7.11 Å². The minimum atomic E-state index is -1.80. The lowest BCUT2D eigenvalue weighted by Crippen LogP contribution is -2.26. The van der Waals surface area contributed by atoms with Gasteiger partial charge >= 0.3 is 0 Å². The lowest BCUT2D eigenvalue weighted by atomic mass is 10.2. The number of rotatable bonds is 2. The van der Waals surface area contributed by atoms with Gasteiger partial charge in [-0.3, -0.25) is 4.98 Å². The second-order valence-corrected chi connectivity index (χ2v) is 2.79. The molecule has 4 heteroatoms. The summed E-state index contributed by atoms with van der Waals surface area (Å²) in [7, 11) is 1.29. The van der Waals surface area contributed by atoms with Crippen LogP contribution in [0.15, 0.2) is 18.3 Å². The van der Waals surface area contributed by atoms with Gasteiger partial charge in [0.1, 0.15) is 5.69 Å². The van der Waals surface area contributed by atoms with Crippen molar-refractivity contribution in [1.29, 1.82) is 0 Å². The van der Waals surface area contributed by atoms with Crippen molar-refractivity contribution in [2.45, 2.75) is 5.79 Å². The molecule has 0 aromatic carbocycles. The molecule has 1 aromatic heterocycles. The predicted molar refractivity (Wildman–Crippen MR) is 49.0 cm³/mol. The van der Waals surface area contributed by atoms with Gasteiger partial charge in [-0.2, -0.15) is 0 Å². The number of terminal acetylenes is 1. The summed E-state index contributed by atoms with van der Waals surface area (Å²) >= 11 is 5.69. The largest absolute Gasteiger partial charge is 0.351 e. The Bertz CT molecular complexity index is 348. The van der Waals surface area contributed by atoms with E-state index in [0.717, 1.165) is 0 Å². The van der Waals surface area contributed by atoms with Crippen molar-refractivity contribution in [3.8, 4) is 12.3 Å². The number of hydrogen-bond donors (Lipinski definition) is 1. The molecule has 0 fully saturated rings. The molecule has 0 saturated heterocycles. The predicted octanol–water partition coefficient (Wildman–Crippen LogP) is 1.16. The molecule has 13 heavy (non-hydrogen) atoms. The molecule has 0 bridgehead atoms. The number of pyridine rings is 1. The van der Waals surface area contributed by atoms with Gasteiger partial charge in [0.15, 0.2) is 0 Å². The molecule has 0 aliphatic heterocycles. The second-order valence-electron chi connectivity index (χ2n) is 2.35. The van der Waals surface area contributed by atoms with Gasteiger partial charge in [0.25, 0.3) is 5.79 Å². The molecule has 0 radical (unpaired) electrons. The highest BCUT2D eigenvalue weighted by Gasteiger charge is 2.27. The molecular formula is C9H8ClNO2. The fourth-order valence-corrected chi connectivity index (χ4v) is 0.987. The van der Waals surface area contributed by atoms with Crippen LogP contribution in [-0.4, -0.2) is 17.2 Å². The van der Waals surface area contributed by atoms with Crippen molar-refractivity contribution in [1.82, 2.24) is 4.98 Å². The van der Waals surface area contributed by atoms with E-state index >= 15 is 0 Å². The number of ether oxygens (including phenoxy) is 1. The van der Waals surface area contributed by atoms with Gasteiger partial charge in [-0.25, -0.2) is 0 Å². The molecule has 0 unspecified atom stereocenters. The average Bonchev–Trinajstić information content (AvgIpc) is 2.17. The first-order chi connectivity index (χ1) is 6.12. The summed E-state index contributed by atoms with van der Waals surface area (Å²) in [5.74, 6) is 0.283. The first kappa shape index (κ1) is 10.0. The minimum absolute atomic E-state index is 0.199. The smallest absolute Gasteiger partial charge is 0.275 e. The Morgan fingerprint density at radius 1 is 1.77 bits per heavy atom. The number of halogens is 1. The summed E-state index contributed by atoms with van der Waals surface area (Å²) in [4.78, 5) is 3.85. The van der Waals surface area contributed by atoms with Crippen molar-refractivity contribution >= 4 is 11.6 Å². The summed E-state index contributed by atoms with van der Waals surface area (Å²) in [6.07, 6.45) is 6.54. The molecule has 1 N–H and O–H groups in total. The van der Waals surface area contributed by atoms with Gasteiger partial charge in [0.2, 0.25) is 0 Å². The van der Waals surface area contributed by atoms with Gasteiger partial charge in [-0.1, -0.05) is 11.6 Å². The van der Waals surface area contributed by atoms with Crippen LogP contribution in [0.25, 0.3) is 0 Å². The average molecular weight is 198 g/mol. The van der Waals surface area contributed by atoms with E-state index in [1.54, 1.807) is 6.07 Å². The highest BCUT2D eigenvalue weighted by Crippen LogP contribution is 2.21. The molecule has 0 saturated carbocycles. The van der Waals surface area contributed by atoms with E-state index in [1.807, 2.05) is 0 Å². The Hall–Kier alpha value is -1.08. The van der Waals surface area contributed by atoms with Crippen LogP contribution in [0.2, 0.25) is 5.02 Å². The minimum Gasteiger partial charge on any atom is -0.351 e. The van der Waals surface area contributed by atoms with Gasteiger partial charge in [0.05, 0.1) is 0 Å². The van der Waals surface area contributed by atoms with Crippen molar-refractivity contribution in [3.63, 3.8) is 0 Å².